The molecule has 0 fully saturated rings. The maximum absolute atomic E-state index is 10.4. The summed E-state index contributed by atoms with van der Waals surface area (Å²) in [6.07, 6.45) is 2.69. The molecule has 1 amide bonds. The van der Waals surface area contributed by atoms with Gasteiger partial charge in [0, 0.05) is 0 Å². The average Bonchev–Trinajstić information content (AvgIpc) is 2.29. The molecule has 0 saturated heterocycles. The Labute approximate surface area is 90.1 Å². The number of carbonyl (C=O) groups excluding carboxylic acids is 1. The molecule has 1 aromatic rings. The van der Waals surface area contributed by atoms with Crippen LogP contribution < -0.4 is 5.32 Å². The molecular weight excluding hydrogens is 190 g/mol. The average molecular weight is 207 g/mol. The summed E-state index contributed by atoms with van der Waals surface area (Å²) in [5, 5.41) is 11.7. The van der Waals surface area contributed by atoms with E-state index in [4.69, 9.17) is 5.11 Å². The lowest BCUT2D eigenvalue weighted by atomic mass is 10.0. The molecule has 0 radical (unpaired) electrons. The Morgan fingerprint density at radius 2 is 2.07 bits per heavy atom. The first-order chi connectivity index (χ1) is 7.31. The molecule has 0 saturated carbocycles. The molecule has 82 valence electrons. The predicted octanol–water partition coefficient (Wildman–Crippen LogP) is 1.77. The van der Waals surface area contributed by atoms with E-state index in [0.717, 1.165) is 30.4 Å². The van der Waals surface area contributed by atoms with Gasteiger partial charge in [-0.25, -0.2) is 0 Å². The number of nitrogens with one attached hydrogen (secondary N) is 1. The van der Waals surface area contributed by atoms with Crippen molar-refractivity contribution in [2.24, 2.45) is 0 Å². The quantitative estimate of drug-likeness (QED) is 0.698. The van der Waals surface area contributed by atoms with Crippen molar-refractivity contribution in [1.29, 1.82) is 0 Å². The summed E-state index contributed by atoms with van der Waals surface area (Å²) >= 11 is 0. The topological polar surface area (TPSA) is 49.3 Å². The van der Waals surface area contributed by atoms with Gasteiger partial charge in [-0.2, -0.15) is 0 Å². The van der Waals surface area contributed by atoms with Gasteiger partial charge in [0.25, 0.3) is 0 Å². The lowest BCUT2D eigenvalue weighted by molar-refractivity contribution is -0.110. The largest absolute Gasteiger partial charge is 0.392 e. The molecule has 0 bridgehead atoms. The molecule has 3 heteroatoms. The Hall–Kier alpha value is -1.35. The van der Waals surface area contributed by atoms with Gasteiger partial charge in [-0.15, -0.1) is 0 Å². The van der Waals surface area contributed by atoms with Gasteiger partial charge in [0.1, 0.15) is 0 Å². The van der Waals surface area contributed by atoms with Crippen LogP contribution in [0.1, 0.15) is 36.9 Å². The van der Waals surface area contributed by atoms with Gasteiger partial charge in [0.15, 0.2) is 0 Å². The number of aliphatic hydroxyl groups is 1. The molecular formula is C12H17NO2. The van der Waals surface area contributed by atoms with Crippen LogP contribution in [0.4, 0.5) is 0 Å². The molecule has 1 atom stereocenters. The van der Waals surface area contributed by atoms with Crippen molar-refractivity contribution in [3.05, 3.63) is 35.4 Å². The molecule has 1 unspecified atom stereocenters. The molecule has 0 aromatic heterocycles. The summed E-state index contributed by atoms with van der Waals surface area (Å²) in [5.41, 5.74) is 1.97. The van der Waals surface area contributed by atoms with E-state index in [2.05, 4.69) is 12.2 Å². The summed E-state index contributed by atoms with van der Waals surface area (Å²) in [5.74, 6) is 0. The van der Waals surface area contributed by atoms with Gasteiger partial charge in [-0.05, 0) is 17.5 Å². The normalized spacial score (nSPS) is 12.1. The number of rotatable bonds is 6. The standard InChI is InChI=1S/C12H17NO2/c1-2-3-12(13-9-15)11-6-4-10(8-14)5-7-11/h4-7,9,12,14H,2-3,8H2,1H3,(H,13,15). The van der Waals surface area contributed by atoms with Crippen LogP contribution in [0.15, 0.2) is 24.3 Å². The van der Waals surface area contributed by atoms with Crippen molar-refractivity contribution in [3.8, 4) is 0 Å². The fourth-order valence-corrected chi connectivity index (χ4v) is 1.57. The Morgan fingerprint density at radius 3 is 2.53 bits per heavy atom. The summed E-state index contributed by atoms with van der Waals surface area (Å²) in [4.78, 5) is 10.4. The molecule has 0 aliphatic rings. The van der Waals surface area contributed by atoms with Crippen LogP contribution in [0.3, 0.4) is 0 Å². The van der Waals surface area contributed by atoms with Crippen LogP contribution in [0.5, 0.6) is 0 Å². The highest BCUT2D eigenvalue weighted by Crippen LogP contribution is 2.18. The Morgan fingerprint density at radius 1 is 1.40 bits per heavy atom. The molecule has 0 spiro atoms. The van der Waals surface area contributed by atoms with E-state index in [-0.39, 0.29) is 12.6 Å². The number of benzene rings is 1. The summed E-state index contributed by atoms with van der Waals surface area (Å²) in [6.45, 7) is 2.14. The third kappa shape index (κ3) is 3.36. The second-order valence-corrected chi connectivity index (χ2v) is 3.53. The van der Waals surface area contributed by atoms with E-state index in [1.807, 2.05) is 24.3 Å². The Balaban J connectivity index is 2.76. The highest BCUT2D eigenvalue weighted by Gasteiger charge is 2.08. The first-order valence-electron chi connectivity index (χ1n) is 5.21. The van der Waals surface area contributed by atoms with Gasteiger partial charge in [-0.1, -0.05) is 37.6 Å². The van der Waals surface area contributed by atoms with E-state index in [1.54, 1.807) is 0 Å². The van der Waals surface area contributed by atoms with E-state index in [9.17, 15) is 4.79 Å². The van der Waals surface area contributed by atoms with E-state index >= 15 is 0 Å². The number of carbonyl (C=O) groups is 1. The minimum absolute atomic E-state index is 0.0554. The van der Waals surface area contributed by atoms with Crippen molar-refractivity contribution >= 4 is 6.41 Å². The molecule has 0 heterocycles. The zero-order valence-corrected chi connectivity index (χ0v) is 8.94. The highest BCUT2D eigenvalue weighted by molar-refractivity contribution is 5.47. The first kappa shape index (κ1) is 11.7. The number of aliphatic hydroxyl groups excluding tert-OH is 1. The van der Waals surface area contributed by atoms with Crippen molar-refractivity contribution < 1.29 is 9.90 Å². The summed E-state index contributed by atoms with van der Waals surface area (Å²) < 4.78 is 0. The monoisotopic (exact) mass is 207 g/mol. The van der Waals surface area contributed by atoms with Gasteiger partial charge < -0.3 is 10.4 Å². The Bertz CT molecular complexity index is 295. The maximum Gasteiger partial charge on any atom is 0.207 e. The molecule has 3 nitrogen and oxygen atoms in total. The van der Waals surface area contributed by atoms with Gasteiger partial charge >= 0.3 is 0 Å². The van der Waals surface area contributed by atoms with Crippen LogP contribution in [-0.2, 0) is 11.4 Å². The van der Waals surface area contributed by atoms with Crippen molar-refractivity contribution in [1.82, 2.24) is 5.32 Å². The first-order valence-corrected chi connectivity index (χ1v) is 5.21. The van der Waals surface area contributed by atoms with Gasteiger partial charge in [0.05, 0.1) is 12.6 Å². The number of hydrogen-bond acceptors (Lipinski definition) is 2. The third-order valence-electron chi connectivity index (χ3n) is 2.41. The van der Waals surface area contributed by atoms with Crippen molar-refractivity contribution in [3.63, 3.8) is 0 Å². The van der Waals surface area contributed by atoms with Crippen LogP contribution >= 0.6 is 0 Å². The zero-order valence-electron chi connectivity index (χ0n) is 8.94. The van der Waals surface area contributed by atoms with E-state index in [0.29, 0.717) is 0 Å². The second-order valence-electron chi connectivity index (χ2n) is 3.53. The number of amides is 1. The van der Waals surface area contributed by atoms with E-state index in [1.165, 1.54) is 0 Å². The molecule has 2 N–H and O–H groups in total. The van der Waals surface area contributed by atoms with Crippen LogP contribution in [0, 0.1) is 0 Å². The highest BCUT2D eigenvalue weighted by atomic mass is 16.3. The molecule has 1 aromatic carbocycles. The summed E-state index contributed by atoms with van der Waals surface area (Å²) in [7, 11) is 0. The predicted molar refractivity (Wildman–Crippen MR) is 59.2 cm³/mol. The lowest BCUT2D eigenvalue weighted by Gasteiger charge is -2.15. The lowest BCUT2D eigenvalue weighted by Crippen LogP contribution is -2.19. The van der Waals surface area contributed by atoms with Crippen LogP contribution in [0.2, 0.25) is 0 Å². The molecule has 15 heavy (non-hydrogen) atoms. The minimum atomic E-state index is 0.0554. The summed E-state index contributed by atoms with van der Waals surface area (Å²) in [6, 6.07) is 7.74. The second kappa shape index (κ2) is 6.19. The molecule has 0 aliphatic heterocycles. The Kier molecular flexibility index (Phi) is 4.84. The zero-order chi connectivity index (χ0) is 11.1. The molecule has 0 aliphatic carbocycles. The fraction of sp³-hybridized carbons (Fsp3) is 0.417. The smallest absolute Gasteiger partial charge is 0.207 e. The minimum Gasteiger partial charge on any atom is -0.392 e. The van der Waals surface area contributed by atoms with Crippen molar-refractivity contribution in [2.45, 2.75) is 32.4 Å². The fourth-order valence-electron chi connectivity index (χ4n) is 1.57. The third-order valence-corrected chi connectivity index (χ3v) is 2.41. The van der Waals surface area contributed by atoms with Crippen LogP contribution in [-0.4, -0.2) is 11.5 Å². The van der Waals surface area contributed by atoms with Gasteiger partial charge in [0.2, 0.25) is 6.41 Å². The van der Waals surface area contributed by atoms with Crippen LogP contribution in [0.25, 0.3) is 0 Å². The SMILES string of the molecule is CCCC(NC=O)c1ccc(CO)cc1. The molecule has 1 rings (SSSR count). The maximum atomic E-state index is 10.4. The van der Waals surface area contributed by atoms with Gasteiger partial charge in [-0.3, -0.25) is 4.79 Å². The van der Waals surface area contributed by atoms with E-state index < -0.39 is 0 Å². The number of hydrogen-bond donors (Lipinski definition) is 2. The van der Waals surface area contributed by atoms with Crippen molar-refractivity contribution in [2.75, 3.05) is 0 Å².